The monoisotopic (exact) mass is 313 g/mol. The molecule has 0 amide bonds. The number of hydrogen-bond acceptors (Lipinski definition) is 6. The van der Waals surface area contributed by atoms with Crippen molar-refractivity contribution in [3.63, 3.8) is 0 Å². The summed E-state index contributed by atoms with van der Waals surface area (Å²) in [6.07, 6.45) is 0.790. The molecule has 0 atom stereocenters. The van der Waals surface area contributed by atoms with Crippen LogP contribution < -0.4 is 4.72 Å². The number of hydrogen-bond donors (Lipinski definition) is 2. The van der Waals surface area contributed by atoms with E-state index < -0.39 is 26.6 Å². The highest BCUT2D eigenvalue weighted by atomic mass is 32.2. The second kappa shape index (κ2) is 5.32. The molecule has 0 aliphatic rings. The Morgan fingerprint density at radius 2 is 2.00 bits per heavy atom. The van der Waals surface area contributed by atoms with Crippen LogP contribution >= 0.6 is 0 Å². The molecule has 10 heteroatoms. The Labute approximate surface area is 118 Å². The van der Waals surface area contributed by atoms with Crippen LogP contribution in [0.4, 0.5) is 15.9 Å². The van der Waals surface area contributed by atoms with Gasteiger partial charge in [-0.1, -0.05) is 0 Å². The fraction of sp³-hybridized carbons (Fsp3) is 0. The molecule has 0 fully saturated rings. The molecule has 0 saturated carbocycles. The fourth-order valence-electron chi connectivity index (χ4n) is 1.43. The number of nitro groups is 1. The first-order chi connectivity index (χ1) is 9.79. The maximum Gasteiger partial charge on any atom is 0.363 e. The van der Waals surface area contributed by atoms with Gasteiger partial charge in [0.1, 0.15) is 10.6 Å². The Bertz CT molecular complexity index is 792. The number of nitrogens with zero attached hydrogens (tertiary/aromatic N) is 2. The van der Waals surface area contributed by atoms with Gasteiger partial charge in [-0.2, -0.15) is 0 Å². The summed E-state index contributed by atoms with van der Waals surface area (Å²) in [6.45, 7) is 0. The van der Waals surface area contributed by atoms with Crippen molar-refractivity contribution in [2.75, 3.05) is 4.72 Å². The van der Waals surface area contributed by atoms with Gasteiger partial charge in [0.25, 0.3) is 10.0 Å². The number of aromatic hydroxyl groups is 1. The second-order valence-corrected chi connectivity index (χ2v) is 5.56. The van der Waals surface area contributed by atoms with E-state index in [9.17, 15) is 22.9 Å². The number of rotatable bonds is 4. The number of nitrogens with one attached hydrogen (secondary N) is 1. The van der Waals surface area contributed by atoms with Gasteiger partial charge in [-0.05, 0) is 28.1 Å². The minimum absolute atomic E-state index is 0.354. The molecule has 8 nitrogen and oxygen atoms in total. The third-order valence-corrected chi connectivity index (χ3v) is 3.77. The number of sulfonamides is 1. The topological polar surface area (TPSA) is 122 Å². The molecule has 0 aliphatic carbocycles. The lowest BCUT2D eigenvalue weighted by Crippen LogP contribution is -2.14. The maximum atomic E-state index is 13.5. The molecular formula is C11H8FN3O5S. The SMILES string of the molecule is O=[N+]([O-])c1ccc(S(=O)(=O)Nc2ccc(O)cc2F)cn1. The lowest BCUT2D eigenvalue weighted by atomic mass is 10.3. The molecule has 1 aromatic carbocycles. The van der Waals surface area contributed by atoms with Crippen LogP contribution in [-0.2, 0) is 10.0 Å². The van der Waals surface area contributed by atoms with Crippen molar-refractivity contribution < 1.29 is 22.8 Å². The number of aromatic nitrogens is 1. The summed E-state index contributed by atoms with van der Waals surface area (Å²) < 4.78 is 39.4. The summed E-state index contributed by atoms with van der Waals surface area (Å²) in [5.74, 6) is -1.83. The molecule has 0 bridgehead atoms. The summed E-state index contributed by atoms with van der Waals surface area (Å²) in [5, 5.41) is 19.5. The van der Waals surface area contributed by atoms with E-state index >= 15 is 0 Å². The van der Waals surface area contributed by atoms with E-state index in [1.165, 1.54) is 0 Å². The predicted octanol–water partition coefficient (Wildman–Crippen LogP) is 1.64. The molecule has 0 aliphatic heterocycles. The summed E-state index contributed by atoms with van der Waals surface area (Å²) in [5.41, 5.74) is -0.369. The highest BCUT2D eigenvalue weighted by molar-refractivity contribution is 7.92. The van der Waals surface area contributed by atoms with E-state index in [2.05, 4.69) is 4.98 Å². The zero-order valence-electron chi connectivity index (χ0n) is 10.2. The Hall–Kier alpha value is -2.75. The molecule has 0 spiro atoms. The van der Waals surface area contributed by atoms with Crippen molar-refractivity contribution in [2.24, 2.45) is 0 Å². The van der Waals surface area contributed by atoms with Crippen LogP contribution in [0, 0.1) is 15.9 Å². The van der Waals surface area contributed by atoms with Crippen molar-refractivity contribution >= 4 is 21.5 Å². The van der Waals surface area contributed by atoms with Crippen molar-refractivity contribution in [1.29, 1.82) is 0 Å². The average molecular weight is 313 g/mol. The minimum Gasteiger partial charge on any atom is -0.508 e. The van der Waals surface area contributed by atoms with Gasteiger partial charge in [-0.3, -0.25) is 4.72 Å². The number of phenols is 1. The van der Waals surface area contributed by atoms with E-state index in [0.29, 0.717) is 0 Å². The van der Waals surface area contributed by atoms with E-state index in [1.54, 1.807) is 0 Å². The molecule has 21 heavy (non-hydrogen) atoms. The Balaban J connectivity index is 2.31. The lowest BCUT2D eigenvalue weighted by molar-refractivity contribution is -0.389. The number of halogens is 1. The quantitative estimate of drug-likeness (QED) is 0.502. The van der Waals surface area contributed by atoms with Gasteiger partial charge >= 0.3 is 5.82 Å². The molecule has 1 aromatic heterocycles. The zero-order valence-corrected chi connectivity index (χ0v) is 11.0. The second-order valence-electron chi connectivity index (χ2n) is 3.88. The van der Waals surface area contributed by atoms with Gasteiger partial charge in [0.05, 0.1) is 5.69 Å². The van der Waals surface area contributed by atoms with Crippen molar-refractivity contribution in [1.82, 2.24) is 4.98 Å². The van der Waals surface area contributed by atoms with Gasteiger partial charge in [-0.15, -0.1) is 0 Å². The van der Waals surface area contributed by atoms with Gasteiger partial charge < -0.3 is 15.2 Å². The largest absolute Gasteiger partial charge is 0.508 e. The van der Waals surface area contributed by atoms with E-state index in [1.807, 2.05) is 4.72 Å². The molecule has 0 radical (unpaired) electrons. The van der Waals surface area contributed by atoms with Crippen LogP contribution in [-0.4, -0.2) is 23.4 Å². The zero-order chi connectivity index (χ0) is 15.6. The van der Waals surface area contributed by atoms with E-state index in [4.69, 9.17) is 5.11 Å². The number of phenolic OH excluding ortho intramolecular Hbond substituents is 1. The van der Waals surface area contributed by atoms with Gasteiger partial charge in [0.15, 0.2) is 12.0 Å². The van der Waals surface area contributed by atoms with Crippen molar-refractivity contribution in [3.05, 3.63) is 52.5 Å². The van der Waals surface area contributed by atoms with Crippen LogP contribution in [0.25, 0.3) is 0 Å². The van der Waals surface area contributed by atoms with Gasteiger partial charge in [0.2, 0.25) is 0 Å². The van der Waals surface area contributed by atoms with Crippen LogP contribution in [0.5, 0.6) is 5.75 Å². The van der Waals surface area contributed by atoms with Crippen LogP contribution in [0.1, 0.15) is 0 Å². The Morgan fingerprint density at radius 3 is 2.52 bits per heavy atom. The predicted molar refractivity (Wildman–Crippen MR) is 69.8 cm³/mol. The molecule has 2 aromatic rings. The number of benzene rings is 1. The first-order valence-electron chi connectivity index (χ1n) is 5.41. The summed E-state index contributed by atoms with van der Waals surface area (Å²) in [6, 6.07) is 4.79. The highest BCUT2D eigenvalue weighted by Gasteiger charge is 2.19. The molecule has 2 rings (SSSR count). The van der Waals surface area contributed by atoms with Crippen LogP contribution in [0.2, 0.25) is 0 Å². The van der Waals surface area contributed by atoms with Crippen molar-refractivity contribution in [2.45, 2.75) is 4.90 Å². The van der Waals surface area contributed by atoms with Crippen LogP contribution in [0.15, 0.2) is 41.4 Å². The van der Waals surface area contributed by atoms with Gasteiger partial charge in [0, 0.05) is 12.1 Å². The molecule has 1 heterocycles. The highest BCUT2D eigenvalue weighted by Crippen LogP contribution is 2.22. The Kier molecular flexibility index (Phi) is 3.72. The van der Waals surface area contributed by atoms with Crippen molar-refractivity contribution in [3.8, 4) is 5.75 Å². The first-order valence-corrected chi connectivity index (χ1v) is 6.90. The normalized spacial score (nSPS) is 11.1. The molecule has 2 N–H and O–H groups in total. The lowest BCUT2D eigenvalue weighted by Gasteiger charge is -2.08. The third kappa shape index (κ3) is 3.23. The molecule has 0 saturated heterocycles. The average Bonchev–Trinajstić information content (AvgIpc) is 2.42. The molecule has 110 valence electrons. The first kappa shape index (κ1) is 14.7. The number of anilines is 1. The van der Waals surface area contributed by atoms with E-state index in [0.717, 1.165) is 36.5 Å². The summed E-state index contributed by atoms with van der Waals surface area (Å²) in [4.78, 5) is 12.7. The third-order valence-electron chi connectivity index (χ3n) is 2.42. The van der Waals surface area contributed by atoms with Crippen LogP contribution in [0.3, 0.4) is 0 Å². The molecular weight excluding hydrogens is 305 g/mol. The molecule has 0 unspecified atom stereocenters. The maximum absolute atomic E-state index is 13.5. The minimum atomic E-state index is -4.15. The summed E-state index contributed by atoms with van der Waals surface area (Å²) in [7, 11) is -4.15. The fourth-order valence-corrected chi connectivity index (χ4v) is 2.44. The van der Waals surface area contributed by atoms with Gasteiger partial charge in [-0.25, -0.2) is 12.8 Å². The summed E-state index contributed by atoms with van der Waals surface area (Å²) >= 11 is 0. The smallest absolute Gasteiger partial charge is 0.363 e. The van der Waals surface area contributed by atoms with E-state index in [-0.39, 0.29) is 16.3 Å². The number of pyridine rings is 1. The Morgan fingerprint density at radius 1 is 1.29 bits per heavy atom. The standard InChI is InChI=1S/C11H8FN3O5S/c12-9-5-7(16)1-3-10(9)14-21(19,20)8-2-4-11(13-6-8)15(17)18/h1-6,14,16H.